The molecule has 2 N–H and O–H groups in total. The summed E-state index contributed by atoms with van der Waals surface area (Å²) in [6.45, 7) is 0. The number of nitrogens with one attached hydrogen (secondary N) is 1. The minimum atomic E-state index is -0.206. The molecule has 0 bridgehead atoms. The van der Waals surface area contributed by atoms with Gasteiger partial charge in [0, 0.05) is 5.02 Å². The van der Waals surface area contributed by atoms with Crippen molar-refractivity contribution < 1.29 is 14.6 Å². The zero-order chi connectivity index (χ0) is 13.0. The molecule has 1 saturated carbocycles. The number of ether oxygens (including phenoxy) is 1. The van der Waals surface area contributed by atoms with Crippen LogP contribution in [0.15, 0.2) is 18.2 Å². The lowest BCUT2D eigenvalue weighted by atomic mass is 9.95. The Hall–Kier alpha value is -1.26. The molecule has 0 unspecified atom stereocenters. The molecule has 0 atom stereocenters. The van der Waals surface area contributed by atoms with E-state index in [0.29, 0.717) is 22.9 Å². The van der Waals surface area contributed by atoms with E-state index in [2.05, 4.69) is 5.32 Å². The highest BCUT2D eigenvalue weighted by Gasteiger charge is 2.21. The Morgan fingerprint density at radius 2 is 2.06 bits per heavy atom. The first-order chi connectivity index (χ1) is 8.69. The van der Waals surface area contributed by atoms with Gasteiger partial charge >= 0.3 is 0 Å². The van der Waals surface area contributed by atoms with Crippen LogP contribution in [-0.2, 0) is 4.79 Å². The van der Waals surface area contributed by atoms with Crippen molar-refractivity contribution in [2.75, 3.05) is 5.32 Å². The standard InChI is InChI=1S/C13H16ClNO3/c14-9-1-6-13(12(7-9)15-8-16)18-11-4-2-10(17)3-5-11/h1,6-8,10-11,17H,2-5H2,(H,15,16)/t10-,11+. The van der Waals surface area contributed by atoms with Crippen LogP contribution in [0.5, 0.6) is 5.75 Å². The summed E-state index contributed by atoms with van der Waals surface area (Å²) in [5, 5.41) is 12.6. The summed E-state index contributed by atoms with van der Waals surface area (Å²) >= 11 is 5.87. The number of anilines is 1. The first-order valence-electron chi connectivity index (χ1n) is 6.03. The van der Waals surface area contributed by atoms with Crippen LogP contribution >= 0.6 is 11.6 Å². The van der Waals surface area contributed by atoms with Gasteiger partial charge in [0.2, 0.25) is 6.41 Å². The van der Waals surface area contributed by atoms with E-state index in [1.807, 2.05) is 0 Å². The lowest BCUT2D eigenvalue weighted by molar-refractivity contribution is -0.105. The van der Waals surface area contributed by atoms with E-state index in [-0.39, 0.29) is 12.2 Å². The van der Waals surface area contributed by atoms with E-state index in [1.165, 1.54) is 0 Å². The number of benzene rings is 1. The summed E-state index contributed by atoms with van der Waals surface area (Å²) in [6, 6.07) is 5.13. The van der Waals surface area contributed by atoms with Gasteiger partial charge in [0.05, 0.1) is 17.9 Å². The van der Waals surface area contributed by atoms with Gasteiger partial charge in [0.15, 0.2) is 0 Å². The molecule has 1 aliphatic rings. The number of carbonyl (C=O) groups excluding carboxylic acids is 1. The predicted molar refractivity (Wildman–Crippen MR) is 70.0 cm³/mol. The molecule has 0 spiro atoms. The van der Waals surface area contributed by atoms with Crippen LogP contribution < -0.4 is 10.1 Å². The van der Waals surface area contributed by atoms with Crippen molar-refractivity contribution in [2.45, 2.75) is 37.9 Å². The Balaban J connectivity index is 2.06. The number of carbonyl (C=O) groups is 1. The van der Waals surface area contributed by atoms with Crippen molar-refractivity contribution in [1.82, 2.24) is 0 Å². The van der Waals surface area contributed by atoms with Crippen molar-refractivity contribution in [2.24, 2.45) is 0 Å². The first kappa shape index (κ1) is 13.2. The summed E-state index contributed by atoms with van der Waals surface area (Å²) in [4.78, 5) is 10.5. The molecule has 1 aromatic carbocycles. The SMILES string of the molecule is O=CNc1cc(Cl)ccc1O[C@H]1CC[C@@H](O)CC1. The monoisotopic (exact) mass is 269 g/mol. The van der Waals surface area contributed by atoms with Gasteiger partial charge in [-0.3, -0.25) is 4.79 Å². The van der Waals surface area contributed by atoms with Crippen LogP contribution in [0.1, 0.15) is 25.7 Å². The van der Waals surface area contributed by atoms with Crippen LogP contribution in [0, 0.1) is 0 Å². The zero-order valence-electron chi connectivity index (χ0n) is 9.93. The van der Waals surface area contributed by atoms with Crippen LogP contribution in [0.2, 0.25) is 5.02 Å². The van der Waals surface area contributed by atoms with Crippen molar-refractivity contribution in [3.05, 3.63) is 23.2 Å². The highest BCUT2D eigenvalue weighted by Crippen LogP contribution is 2.31. The van der Waals surface area contributed by atoms with Gasteiger partial charge in [-0.15, -0.1) is 0 Å². The second-order valence-electron chi connectivity index (χ2n) is 4.45. The molecule has 0 aromatic heterocycles. The fourth-order valence-electron chi connectivity index (χ4n) is 2.12. The fourth-order valence-corrected chi connectivity index (χ4v) is 2.30. The molecule has 4 nitrogen and oxygen atoms in total. The minimum Gasteiger partial charge on any atom is -0.488 e. The van der Waals surface area contributed by atoms with E-state index in [0.717, 1.165) is 25.7 Å². The average Bonchev–Trinajstić information content (AvgIpc) is 2.36. The Morgan fingerprint density at radius 1 is 1.33 bits per heavy atom. The molecular formula is C13H16ClNO3. The van der Waals surface area contributed by atoms with Crippen LogP contribution in [-0.4, -0.2) is 23.7 Å². The number of hydrogen-bond donors (Lipinski definition) is 2. The quantitative estimate of drug-likeness (QED) is 0.826. The number of aliphatic hydroxyl groups excluding tert-OH is 1. The molecule has 5 heteroatoms. The molecule has 0 radical (unpaired) electrons. The third-order valence-electron chi connectivity index (χ3n) is 3.09. The molecule has 1 fully saturated rings. The van der Waals surface area contributed by atoms with Gasteiger partial charge < -0.3 is 15.2 Å². The average molecular weight is 270 g/mol. The Bertz CT molecular complexity index is 417. The number of hydrogen-bond acceptors (Lipinski definition) is 3. The third-order valence-corrected chi connectivity index (χ3v) is 3.33. The molecule has 1 amide bonds. The van der Waals surface area contributed by atoms with Crippen molar-refractivity contribution in [1.29, 1.82) is 0 Å². The number of aliphatic hydroxyl groups is 1. The molecule has 1 aromatic rings. The molecule has 18 heavy (non-hydrogen) atoms. The predicted octanol–water partition coefficient (Wildman–Crippen LogP) is 2.59. The lowest BCUT2D eigenvalue weighted by Gasteiger charge is -2.26. The molecule has 0 saturated heterocycles. The topological polar surface area (TPSA) is 58.6 Å². The third kappa shape index (κ3) is 3.37. The van der Waals surface area contributed by atoms with Gasteiger partial charge in [-0.1, -0.05) is 11.6 Å². The normalized spacial score (nSPS) is 23.4. The minimum absolute atomic E-state index is 0.0850. The molecule has 0 aliphatic heterocycles. The summed E-state index contributed by atoms with van der Waals surface area (Å²) in [7, 11) is 0. The molecule has 2 rings (SSSR count). The maximum Gasteiger partial charge on any atom is 0.211 e. The van der Waals surface area contributed by atoms with Crippen molar-refractivity contribution >= 4 is 23.7 Å². The van der Waals surface area contributed by atoms with Gasteiger partial charge in [-0.05, 0) is 43.9 Å². The van der Waals surface area contributed by atoms with Gasteiger partial charge in [0.25, 0.3) is 0 Å². The summed E-state index contributed by atoms with van der Waals surface area (Å²) in [6.07, 6.45) is 3.64. The Labute approximate surface area is 111 Å². The maximum atomic E-state index is 10.5. The van der Waals surface area contributed by atoms with Crippen molar-refractivity contribution in [3.63, 3.8) is 0 Å². The lowest BCUT2D eigenvalue weighted by Crippen LogP contribution is -2.26. The van der Waals surface area contributed by atoms with Crippen LogP contribution in [0.3, 0.4) is 0 Å². The number of rotatable bonds is 4. The van der Waals surface area contributed by atoms with E-state index >= 15 is 0 Å². The van der Waals surface area contributed by atoms with Crippen LogP contribution in [0.25, 0.3) is 0 Å². The number of amides is 1. The van der Waals surface area contributed by atoms with E-state index < -0.39 is 0 Å². The molecule has 0 heterocycles. The smallest absolute Gasteiger partial charge is 0.211 e. The molecule has 1 aliphatic carbocycles. The largest absolute Gasteiger partial charge is 0.488 e. The summed E-state index contributed by atoms with van der Waals surface area (Å²) in [5.74, 6) is 0.618. The van der Waals surface area contributed by atoms with Crippen molar-refractivity contribution in [3.8, 4) is 5.75 Å². The summed E-state index contributed by atoms with van der Waals surface area (Å²) < 4.78 is 5.85. The fraction of sp³-hybridized carbons (Fsp3) is 0.462. The highest BCUT2D eigenvalue weighted by atomic mass is 35.5. The second kappa shape index (κ2) is 6.07. The van der Waals surface area contributed by atoms with E-state index in [4.69, 9.17) is 16.3 Å². The summed E-state index contributed by atoms with van der Waals surface area (Å²) in [5.41, 5.74) is 0.573. The van der Waals surface area contributed by atoms with Gasteiger partial charge in [0.1, 0.15) is 5.75 Å². The van der Waals surface area contributed by atoms with Gasteiger partial charge in [-0.25, -0.2) is 0 Å². The molecule has 98 valence electrons. The van der Waals surface area contributed by atoms with Gasteiger partial charge in [-0.2, -0.15) is 0 Å². The zero-order valence-corrected chi connectivity index (χ0v) is 10.7. The highest BCUT2D eigenvalue weighted by molar-refractivity contribution is 6.31. The molecular weight excluding hydrogens is 254 g/mol. The maximum absolute atomic E-state index is 10.5. The Morgan fingerprint density at radius 3 is 2.72 bits per heavy atom. The first-order valence-corrected chi connectivity index (χ1v) is 6.41. The van der Waals surface area contributed by atoms with E-state index in [9.17, 15) is 9.90 Å². The van der Waals surface area contributed by atoms with E-state index in [1.54, 1.807) is 18.2 Å². The Kier molecular flexibility index (Phi) is 4.44. The second-order valence-corrected chi connectivity index (χ2v) is 4.89. The number of halogens is 1. The van der Waals surface area contributed by atoms with Crippen LogP contribution in [0.4, 0.5) is 5.69 Å².